The van der Waals surface area contributed by atoms with Crippen molar-refractivity contribution in [2.75, 3.05) is 6.61 Å². The fourth-order valence-electron chi connectivity index (χ4n) is 1.51. The molecule has 2 N–H and O–H groups in total. The Morgan fingerprint density at radius 3 is 2.83 bits per heavy atom. The van der Waals surface area contributed by atoms with Gasteiger partial charge in [0.15, 0.2) is 0 Å². The van der Waals surface area contributed by atoms with Gasteiger partial charge in [0.25, 0.3) is 0 Å². The van der Waals surface area contributed by atoms with Crippen molar-refractivity contribution in [3.8, 4) is 5.75 Å². The van der Waals surface area contributed by atoms with Crippen LogP contribution in [0.4, 0.5) is 4.39 Å². The van der Waals surface area contributed by atoms with E-state index in [2.05, 4.69) is 5.10 Å². The summed E-state index contributed by atoms with van der Waals surface area (Å²) in [5.41, 5.74) is 0.0593. The Morgan fingerprint density at radius 2 is 2.17 bits per heavy atom. The van der Waals surface area contributed by atoms with Crippen molar-refractivity contribution in [2.45, 2.75) is 6.54 Å². The SMILES string of the molecule is OB(O)c1cc(F)cc(OCCn2cccn2)c1. The van der Waals surface area contributed by atoms with Gasteiger partial charge in [-0.2, -0.15) is 5.10 Å². The molecule has 0 fully saturated rings. The van der Waals surface area contributed by atoms with Crippen LogP contribution in [0.1, 0.15) is 0 Å². The first-order chi connectivity index (χ1) is 8.65. The molecule has 0 amide bonds. The molecule has 0 atom stereocenters. The van der Waals surface area contributed by atoms with Crippen molar-refractivity contribution in [1.29, 1.82) is 0 Å². The van der Waals surface area contributed by atoms with Crippen molar-refractivity contribution >= 4 is 12.6 Å². The van der Waals surface area contributed by atoms with E-state index in [9.17, 15) is 4.39 Å². The molecule has 0 aliphatic rings. The van der Waals surface area contributed by atoms with Crippen LogP contribution < -0.4 is 10.2 Å². The molecular formula is C11H12BFN2O3. The average Bonchev–Trinajstić information content (AvgIpc) is 2.81. The first-order valence-electron chi connectivity index (χ1n) is 5.42. The third kappa shape index (κ3) is 3.32. The van der Waals surface area contributed by atoms with Gasteiger partial charge in [-0.15, -0.1) is 0 Å². The number of benzene rings is 1. The molecule has 0 radical (unpaired) electrons. The molecule has 0 aliphatic heterocycles. The van der Waals surface area contributed by atoms with Crippen LogP contribution in [-0.4, -0.2) is 33.6 Å². The summed E-state index contributed by atoms with van der Waals surface area (Å²) >= 11 is 0. The minimum Gasteiger partial charge on any atom is -0.492 e. The second-order valence-electron chi connectivity index (χ2n) is 3.71. The monoisotopic (exact) mass is 250 g/mol. The average molecular weight is 250 g/mol. The molecule has 94 valence electrons. The van der Waals surface area contributed by atoms with Gasteiger partial charge >= 0.3 is 7.12 Å². The van der Waals surface area contributed by atoms with Gasteiger partial charge < -0.3 is 14.8 Å². The highest BCUT2D eigenvalue weighted by molar-refractivity contribution is 6.58. The number of nitrogens with zero attached hydrogens (tertiary/aromatic N) is 2. The van der Waals surface area contributed by atoms with Crippen LogP contribution in [0.5, 0.6) is 5.75 Å². The maximum atomic E-state index is 13.2. The Balaban J connectivity index is 1.96. The number of aromatic nitrogens is 2. The fourth-order valence-corrected chi connectivity index (χ4v) is 1.51. The van der Waals surface area contributed by atoms with E-state index in [0.717, 1.165) is 6.07 Å². The number of hydrogen-bond acceptors (Lipinski definition) is 4. The summed E-state index contributed by atoms with van der Waals surface area (Å²) < 4.78 is 20.2. The van der Waals surface area contributed by atoms with Gasteiger partial charge in [-0.3, -0.25) is 4.68 Å². The third-order valence-corrected chi connectivity index (χ3v) is 2.34. The molecule has 0 spiro atoms. The van der Waals surface area contributed by atoms with Crippen molar-refractivity contribution < 1.29 is 19.2 Å². The summed E-state index contributed by atoms with van der Waals surface area (Å²) in [5, 5.41) is 21.9. The minimum absolute atomic E-state index is 0.0593. The summed E-state index contributed by atoms with van der Waals surface area (Å²) in [6.07, 6.45) is 3.44. The Kier molecular flexibility index (Phi) is 3.96. The molecule has 0 saturated carbocycles. The van der Waals surface area contributed by atoms with Crippen LogP contribution in [0, 0.1) is 5.82 Å². The quantitative estimate of drug-likeness (QED) is 0.720. The van der Waals surface area contributed by atoms with Crippen LogP contribution in [-0.2, 0) is 6.54 Å². The standard InChI is InChI=1S/C11H12BFN2O3/c13-10-6-9(12(16)17)7-11(8-10)18-5-4-15-3-1-2-14-15/h1-3,6-8,16-17H,4-5H2. The lowest BCUT2D eigenvalue weighted by Gasteiger charge is -2.08. The Bertz CT molecular complexity index is 505. The van der Waals surface area contributed by atoms with Crippen LogP contribution in [0.15, 0.2) is 36.7 Å². The smallest absolute Gasteiger partial charge is 0.488 e. The van der Waals surface area contributed by atoms with Crippen molar-refractivity contribution in [2.24, 2.45) is 0 Å². The van der Waals surface area contributed by atoms with Crippen molar-refractivity contribution in [1.82, 2.24) is 9.78 Å². The van der Waals surface area contributed by atoms with E-state index in [0.29, 0.717) is 13.2 Å². The lowest BCUT2D eigenvalue weighted by Crippen LogP contribution is -2.30. The molecule has 0 unspecified atom stereocenters. The first kappa shape index (κ1) is 12.6. The molecule has 0 aliphatic carbocycles. The van der Waals surface area contributed by atoms with Crippen molar-refractivity contribution in [3.05, 3.63) is 42.5 Å². The molecule has 0 bridgehead atoms. The lowest BCUT2D eigenvalue weighted by atomic mass is 9.80. The summed E-state index contributed by atoms with van der Waals surface area (Å²) in [4.78, 5) is 0. The zero-order chi connectivity index (χ0) is 13.0. The van der Waals surface area contributed by atoms with Gasteiger partial charge in [0.05, 0.1) is 6.54 Å². The Labute approximate surface area is 104 Å². The van der Waals surface area contributed by atoms with Crippen LogP contribution >= 0.6 is 0 Å². The molecule has 2 aromatic rings. The normalized spacial score (nSPS) is 10.4. The largest absolute Gasteiger partial charge is 0.492 e. The maximum absolute atomic E-state index is 13.2. The summed E-state index contributed by atoms with van der Waals surface area (Å²) in [6.45, 7) is 0.840. The lowest BCUT2D eigenvalue weighted by molar-refractivity contribution is 0.290. The third-order valence-electron chi connectivity index (χ3n) is 2.34. The van der Waals surface area contributed by atoms with E-state index in [1.165, 1.54) is 12.1 Å². The maximum Gasteiger partial charge on any atom is 0.488 e. The highest BCUT2D eigenvalue weighted by Gasteiger charge is 2.13. The van der Waals surface area contributed by atoms with Gasteiger partial charge in [-0.1, -0.05) is 0 Å². The number of ether oxygens (including phenoxy) is 1. The zero-order valence-corrected chi connectivity index (χ0v) is 9.53. The molecule has 2 rings (SSSR count). The predicted octanol–water partition coefficient (Wildman–Crippen LogP) is -0.219. The number of rotatable bonds is 5. The topological polar surface area (TPSA) is 67.5 Å². The molecular weight excluding hydrogens is 238 g/mol. The van der Waals surface area contributed by atoms with E-state index >= 15 is 0 Å². The van der Waals surface area contributed by atoms with Crippen LogP contribution in [0.2, 0.25) is 0 Å². The van der Waals surface area contributed by atoms with Gasteiger partial charge in [0.1, 0.15) is 18.2 Å². The number of hydrogen-bond donors (Lipinski definition) is 2. The molecule has 1 aromatic carbocycles. The van der Waals surface area contributed by atoms with Gasteiger partial charge in [-0.25, -0.2) is 4.39 Å². The summed E-state index contributed by atoms with van der Waals surface area (Å²) in [6, 6.07) is 5.42. The van der Waals surface area contributed by atoms with E-state index in [1.807, 2.05) is 0 Å². The van der Waals surface area contributed by atoms with E-state index in [1.54, 1.807) is 23.1 Å². The highest BCUT2D eigenvalue weighted by atomic mass is 19.1. The molecule has 1 aromatic heterocycles. The molecule has 7 heteroatoms. The van der Waals surface area contributed by atoms with Gasteiger partial charge in [0, 0.05) is 18.5 Å². The van der Waals surface area contributed by atoms with Gasteiger partial charge in [0.2, 0.25) is 0 Å². The highest BCUT2D eigenvalue weighted by Crippen LogP contribution is 2.11. The molecule has 18 heavy (non-hydrogen) atoms. The van der Waals surface area contributed by atoms with E-state index < -0.39 is 12.9 Å². The van der Waals surface area contributed by atoms with Crippen LogP contribution in [0.3, 0.4) is 0 Å². The van der Waals surface area contributed by atoms with Gasteiger partial charge in [-0.05, 0) is 23.7 Å². The summed E-state index contributed by atoms with van der Waals surface area (Å²) in [5.74, 6) is -0.319. The zero-order valence-electron chi connectivity index (χ0n) is 9.53. The molecule has 5 nitrogen and oxygen atoms in total. The van der Waals surface area contributed by atoms with Crippen molar-refractivity contribution in [3.63, 3.8) is 0 Å². The van der Waals surface area contributed by atoms with E-state index in [-0.39, 0.29) is 11.2 Å². The molecule has 1 heterocycles. The summed E-state index contributed by atoms with van der Waals surface area (Å²) in [7, 11) is -1.71. The van der Waals surface area contributed by atoms with Crippen LogP contribution in [0.25, 0.3) is 0 Å². The van der Waals surface area contributed by atoms with E-state index in [4.69, 9.17) is 14.8 Å². The minimum atomic E-state index is -1.71. The molecule has 0 saturated heterocycles. The predicted molar refractivity (Wildman–Crippen MR) is 63.9 cm³/mol. The second-order valence-corrected chi connectivity index (χ2v) is 3.71. The second kappa shape index (κ2) is 5.66. The first-order valence-corrected chi connectivity index (χ1v) is 5.42. The Hall–Kier alpha value is -1.86. The Morgan fingerprint density at radius 1 is 1.33 bits per heavy atom. The fraction of sp³-hybridized carbons (Fsp3) is 0.182. The number of halogens is 1.